The van der Waals surface area contributed by atoms with Gasteiger partial charge in [0.15, 0.2) is 0 Å². The molecule has 0 aliphatic rings. The van der Waals surface area contributed by atoms with E-state index in [0.29, 0.717) is 11.0 Å². The van der Waals surface area contributed by atoms with Crippen LogP contribution in [0.25, 0.3) is 22.2 Å². The molecule has 1 heterocycles. The van der Waals surface area contributed by atoms with Gasteiger partial charge in [-0.1, -0.05) is 12.1 Å². The molecule has 2 aromatic carbocycles. The van der Waals surface area contributed by atoms with Crippen molar-refractivity contribution in [3.63, 3.8) is 0 Å². The summed E-state index contributed by atoms with van der Waals surface area (Å²) in [4.78, 5) is 8.35. The standard InChI is InChI=1S/C17H14F2N2O2/c1-10-6-13(11-4-3-5-12(8-11)22-2)16-14(7-10)21-15(9-20-16)23-17(18)19/h3-9,17H,1-2H3. The largest absolute Gasteiger partial charge is 0.497 e. The van der Waals surface area contributed by atoms with Gasteiger partial charge in [-0.3, -0.25) is 0 Å². The fourth-order valence-corrected chi connectivity index (χ4v) is 2.41. The highest BCUT2D eigenvalue weighted by molar-refractivity contribution is 5.92. The van der Waals surface area contributed by atoms with E-state index in [-0.39, 0.29) is 5.88 Å². The summed E-state index contributed by atoms with van der Waals surface area (Å²) >= 11 is 0. The van der Waals surface area contributed by atoms with Gasteiger partial charge in [0.1, 0.15) is 5.75 Å². The predicted molar refractivity (Wildman–Crippen MR) is 82.9 cm³/mol. The van der Waals surface area contributed by atoms with E-state index in [1.54, 1.807) is 13.2 Å². The Balaban J connectivity index is 2.16. The van der Waals surface area contributed by atoms with Crippen LogP contribution in [0.15, 0.2) is 42.6 Å². The average molecular weight is 316 g/mol. The molecule has 0 aliphatic carbocycles. The number of ether oxygens (including phenoxy) is 2. The van der Waals surface area contributed by atoms with Crippen molar-refractivity contribution in [2.24, 2.45) is 0 Å². The monoisotopic (exact) mass is 316 g/mol. The molecular weight excluding hydrogens is 302 g/mol. The van der Waals surface area contributed by atoms with Gasteiger partial charge < -0.3 is 9.47 Å². The number of alkyl halides is 2. The zero-order chi connectivity index (χ0) is 16.4. The van der Waals surface area contributed by atoms with Crippen molar-refractivity contribution >= 4 is 11.0 Å². The van der Waals surface area contributed by atoms with Crippen molar-refractivity contribution in [3.8, 4) is 22.8 Å². The highest BCUT2D eigenvalue weighted by atomic mass is 19.3. The smallest absolute Gasteiger partial charge is 0.388 e. The molecule has 0 amide bonds. The second-order valence-corrected chi connectivity index (χ2v) is 5.00. The normalized spacial score (nSPS) is 11.0. The first kappa shape index (κ1) is 15.1. The average Bonchev–Trinajstić information content (AvgIpc) is 2.53. The SMILES string of the molecule is COc1cccc(-c2cc(C)cc3nc(OC(F)F)cnc23)c1. The zero-order valence-electron chi connectivity index (χ0n) is 12.6. The molecule has 0 aliphatic heterocycles. The minimum absolute atomic E-state index is 0.199. The van der Waals surface area contributed by atoms with Crippen LogP contribution in [-0.4, -0.2) is 23.7 Å². The minimum Gasteiger partial charge on any atom is -0.497 e. The maximum Gasteiger partial charge on any atom is 0.388 e. The van der Waals surface area contributed by atoms with E-state index in [2.05, 4.69) is 14.7 Å². The molecule has 0 radical (unpaired) electrons. The van der Waals surface area contributed by atoms with Crippen LogP contribution in [0.5, 0.6) is 11.6 Å². The molecule has 0 saturated heterocycles. The zero-order valence-corrected chi connectivity index (χ0v) is 12.6. The number of methoxy groups -OCH3 is 1. The lowest BCUT2D eigenvalue weighted by atomic mass is 10.0. The first-order valence-corrected chi connectivity index (χ1v) is 6.93. The number of halogens is 2. The Hall–Kier alpha value is -2.76. The maximum atomic E-state index is 12.3. The molecule has 0 spiro atoms. The van der Waals surface area contributed by atoms with Gasteiger partial charge in [0.2, 0.25) is 5.88 Å². The molecule has 6 heteroatoms. The molecule has 0 atom stereocenters. The summed E-state index contributed by atoms with van der Waals surface area (Å²) in [5, 5.41) is 0. The number of aryl methyl sites for hydroxylation is 1. The molecule has 0 bridgehead atoms. The van der Waals surface area contributed by atoms with Crippen molar-refractivity contribution in [3.05, 3.63) is 48.2 Å². The summed E-state index contributed by atoms with van der Waals surface area (Å²) in [5.74, 6) is 0.525. The van der Waals surface area contributed by atoms with Gasteiger partial charge in [-0.2, -0.15) is 8.78 Å². The second kappa shape index (κ2) is 6.16. The Kier molecular flexibility index (Phi) is 4.06. The Morgan fingerprint density at radius 1 is 1.13 bits per heavy atom. The molecule has 0 unspecified atom stereocenters. The molecule has 118 valence electrons. The lowest BCUT2D eigenvalue weighted by molar-refractivity contribution is -0.0528. The third-order valence-corrected chi connectivity index (χ3v) is 3.36. The minimum atomic E-state index is -2.93. The number of aromatic nitrogens is 2. The van der Waals surface area contributed by atoms with Gasteiger partial charge in [-0.25, -0.2) is 9.97 Å². The summed E-state index contributed by atoms with van der Waals surface area (Å²) in [6.07, 6.45) is 1.20. The lowest BCUT2D eigenvalue weighted by Crippen LogP contribution is -2.04. The molecule has 3 aromatic rings. The number of nitrogens with zero attached hydrogens (tertiary/aromatic N) is 2. The van der Waals surface area contributed by atoms with E-state index in [9.17, 15) is 8.78 Å². The molecular formula is C17H14F2N2O2. The number of benzene rings is 2. The molecule has 23 heavy (non-hydrogen) atoms. The third-order valence-electron chi connectivity index (χ3n) is 3.36. The van der Waals surface area contributed by atoms with Gasteiger partial charge in [0, 0.05) is 5.56 Å². The van der Waals surface area contributed by atoms with Gasteiger partial charge >= 0.3 is 6.61 Å². The van der Waals surface area contributed by atoms with Crippen molar-refractivity contribution in [1.29, 1.82) is 0 Å². The van der Waals surface area contributed by atoms with Crippen molar-refractivity contribution in [2.45, 2.75) is 13.5 Å². The van der Waals surface area contributed by atoms with E-state index in [4.69, 9.17) is 4.74 Å². The second-order valence-electron chi connectivity index (χ2n) is 5.00. The molecule has 0 saturated carbocycles. The van der Waals surface area contributed by atoms with Gasteiger partial charge in [-0.15, -0.1) is 0 Å². The van der Waals surface area contributed by atoms with E-state index < -0.39 is 6.61 Å². The third kappa shape index (κ3) is 3.21. The number of hydrogen-bond acceptors (Lipinski definition) is 4. The first-order chi connectivity index (χ1) is 11.1. The molecule has 4 nitrogen and oxygen atoms in total. The van der Waals surface area contributed by atoms with E-state index in [0.717, 1.165) is 22.4 Å². The fourth-order valence-electron chi connectivity index (χ4n) is 2.41. The van der Waals surface area contributed by atoms with Gasteiger partial charge in [0.05, 0.1) is 24.3 Å². The predicted octanol–water partition coefficient (Wildman–Crippen LogP) is 4.22. The van der Waals surface area contributed by atoms with Crippen molar-refractivity contribution in [1.82, 2.24) is 9.97 Å². The van der Waals surface area contributed by atoms with E-state index in [1.807, 2.05) is 37.3 Å². The van der Waals surface area contributed by atoms with Crippen molar-refractivity contribution < 1.29 is 18.3 Å². The van der Waals surface area contributed by atoms with Crippen LogP contribution in [0.4, 0.5) is 8.78 Å². The topological polar surface area (TPSA) is 44.2 Å². The van der Waals surface area contributed by atoms with E-state index in [1.165, 1.54) is 6.20 Å². The summed E-state index contributed by atoms with van der Waals surface area (Å²) in [6.45, 7) is -1.02. The Labute approximate surface area is 131 Å². The summed E-state index contributed by atoms with van der Waals surface area (Å²) in [7, 11) is 1.60. The lowest BCUT2D eigenvalue weighted by Gasteiger charge is -2.10. The highest BCUT2D eigenvalue weighted by Gasteiger charge is 2.12. The quantitative estimate of drug-likeness (QED) is 0.723. The summed E-state index contributed by atoms with van der Waals surface area (Å²) in [5.41, 5.74) is 3.83. The highest BCUT2D eigenvalue weighted by Crippen LogP contribution is 2.31. The van der Waals surface area contributed by atoms with Crippen LogP contribution in [-0.2, 0) is 0 Å². The molecule has 1 aromatic heterocycles. The van der Waals surface area contributed by atoms with Crippen molar-refractivity contribution in [2.75, 3.05) is 7.11 Å². The van der Waals surface area contributed by atoms with Gasteiger partial charge in [0.25, 0.3) is 0 Å². The number of rotatable bonds is 4. The van der Waals surface area contributed by atoms with Crippen LogP contribution in [0.1, 0.15) is 5.56 Å². The molecule has 0 fully saturated rings. The molecule has 0 N–H and O–H groups in total. The van der Waals surface area contributed by atoms with Crippen LogP contribution < -0.4 is 9.47 Å². The van der Waals surface area contributed by atoms with Gasteiger partial charge in [-0.05, 0) is 42.3 Å². The van der Waals surface area contributed by atoms with Crippen LogP contribution >= 0.6 is 0 Å². The maximum absolute atomic E-state index is 12.3. The Bertz CT molecular complexity index is 853. The Morgan fingerprint density at radius 3 is 2.70 bits per heavy atom. The van der Waals surface area contributed by atoms with E-state index >= 15 is 0 Å². The van der Waals surface area contributed by atoms with Crippen LogP contribution in [0, 0.1) is 6.92 Å². The molecule has 3 rings (SSSR count). The first-order valence-electron chi connectivity index (χ1n) is 6.93. The Morgan fingerprint density at radius 2 is 1.96 bits per heavy atom. The summed E-state index contributed by atoms with van der Waals surface area (Å²) in [6, 6.07) is 11.3. The number of hydrogen-bond donors (Lipinski definition) is 0. The van der Waals surface area contributed by atoms with Crippen LogP contribution in [0.3, 0.4) is 0 Å². The fraction of sp³-hybridized carbons (Fsp3) is 0.176. The number of fused-ring (bicyclic) bond motifs is 1. The summed E-state index contributed by atoms with van der Waals surface area (Å²) < 4.78 is 34.2. The van der Waals surface area contributed by atoms with Crippen LogP contribution in [0.2, 0.25) is 0 Å².